The molecule has 0 saturated heterocycles. The standard InChI is InChI=1S/C61HF3/c62-61(63,64)60-57-53-47-33-25-17-5-2-1-3-6(5)18-20-16-10(3)12-8-4(1)7-11-9(2)15-19(17)31(33)39-37-23(15)21(11)29-27-13(7)14(8)28-30-22(12)24(16)38-40-32(20)34(26(18)25)48(47)54(57)50(40)52-44(38)42(30)46-36(28)35(27)45-41(29)43(37)51(49(39)53)58(60)55(45)56(46)59(52)60/h58H. The van der Waals surface area contributed by atoms with Gasteiger partial charge in [-0.25, -0.2) is 0 Å². The lowest BCUT2D eigenvalue weighted by Crippen LogP contribution is -2.48. The zero-order chi connectivity index (χ0) is 38.1. The Morgan fingerprint density at radius 2 is 0.328 bits per heavy atom. The summed E-state index contributed by atoms with van der Waals surface area (Å²) in [5, 5.41) is 73.5. The summed E-state index contributed by atoms with van der Waals surface area (Å²) in [6.07, 6.45) is -4.53. The molecule has 0 fully saturated rings. The Kier molecular flexibility index (Phi) is 1.79. The van der Waals surface area contributed by atoms with E-state index in [9.17, 15) is 0 Å². The van der Waals surface area contributed by atoms with Crippen molar-refractivity contribution in [3.63, 3.8) is 0 Å². The van der Waals surface area contributed by atoms with E-state index in [0.29, 0.717) is 11.1 Å². The second kappa shape index (κ2) is 4.95. The number of benzene rings is 17. The second-order valence-electron chi connectivity index (χ2n) is 23.6. The summed E-state index contributed by atoms with van der Waals surface area (Å²) < 4.78 is 55.0. The highest BCUT2D eigenvalue weighted by molar-refractivity contribution is 6.82. The predicted molar refractivity (Wildman–Crippen MR) is 261 cm³/mol. The van der Waals surface area contributed by atoms with Crippen LogP contribution in [0.25, 0.3) is 291 Å². The summed E-state index contributed by atoms with van der Waals surface area (Å²) in [6, 6.07) is 0. The van der Waals surface area contributed by atoms with Gasteiger partial charge in [0.25, 0.3) is 0 Å². The van der Waals surface area contributed by atoms with Crippen molar-refractivity contribution in [1.82, 2.24) is 0 Å². The summed E-state index contributed by atoms with van der Waals surface area (Å²) in [4.78, 5) is 0. The molecule has 0 bridgehead atoms. The van der Waals surface area contributed by atoms with E-state index in [1.165, 1.54) is 264 Å². The second-order valence-corrected chi connectivity index (χ2v) is 23.6. The molecular formula is C61HF3. The highest BCUT2D eigenvalue weighted by atomic mass is 19.4. The molecule has 0 amide bonds. The fraction of sp³-hybridized carbons (Fsp3) is 0.0492. The molecule has 4 aliphatic carbocycles. The van der Waals surface area contributed by atoms with Crippen molar-refractivity contribution in [3.8, 4) is 0 Å². The molecule has 0 spiro atoms. The Morgan fingerprint density at radius 3 is 0.594 bits per heavy atom. The van der Waals surface area contributed by atoms with Gasteiger partial charge in [0.05, 0.1) is 0 Å². The summed E-state index contributed by atoms with van der Waals surface area (Å²) in [5.41, 5.74) is 1.30. The van der Waals surface area contributed by atoms with Crippen LogP contribution in [0.2, 0.25) is 0 Å². The molecule has 0 nitrogen and oxygen atoms in total. The van der Waals surface area contributed by atoms with Crippen molar-refractivity contribution in [2.24, 2.45) is 0 Å². The molecule has 266 valence electrons. The first-order valence-electron chi connectivity index (χ1n) is 23.4. The quantitative estimate of drug-likeness (QED) is 0.134. The van der Waals surface area contributed by atoms with Crippen LogP contribution >= 0.6 is 0 Å². The van der Waals surface area contributed by atoms with Crippen LogP contribution in [0.15, 0.2) is 0 Å². The Bertz CT molecular complexity index is 7060. The van der Waals surface area contributed by atoms with Crippen LogP contribution < -0.4 is 0 Å². The van der Waals surface area contributed by atoms with Crippen molar-refractivity contribution < 1.29 is 13.2 Å². The van der Waals surface area contributed by atoms with E-state index >= 15 is 13.2 Å². The number of rotatable bonds is 0. The molecule has 64 heavy (non-hydrogen) atoms. The molecule has 0 radical (unpaired) electrons. The number of alkyl halides is 3. The van der Waals surface area contributed by atoms with Gasteiger partial charge in [0.1, 0.15) is 5.41 Å². The van der Waals surface area contributed by atoms with Crippen molar-refractivity contribution in [1.29, 1.82) is 0 Å². The SMILES string of the molecule is FC(F)(F)C12c3c4c5c6c7c8c(c9c%10c1c1c%11c3c3c%12c4c4c6c6c7c7c%13c8c9c8c9c%10c1c1c%10c%11c3c3c%11c%12c4c4c6c6c7c7c%13c8c8c9c1c1c%10c3c3c%11c4c6c4c7c8c1c34)C52. The van der Waals surface area contributed by atoms with Crippen LogP contribution in [0, 0.1) is 0 Å². The largest absolute Gasteiger partial charge is 0.403 e. The van der Waals surface area contributed by atoms with Gasteiger partial charge in [-0.3, -0.25) is 0 Å². The monoisotopic (exact) mass is 790 g/mol. The lowest BCUT2D eigenvalue weighted by atomic mass is 9.58. The molecule has 2 unspecified atom stereocenters. The number of hydrogen-bond acceptors (Lipinski definition) is 0. The van der Waals surface area contributed by atoms with Gasteiger partial charge in [-0.2, -0.15) is 13.2 Å². The van der Waals surface area contributed by atoms with Gasteiger partial charge in [-0.1, -0.05) is 0 Å². The third-order valence-electron chi connectivity index (χ3n) is 23.6. The van der Waals surface area contributed by atoms with Crippen molar-refractivity contribution in [3.05, 3.63) is 22.3 Å². The fourth-order valence-electron chi connectivity index (χ4n) is 23.6. The van der Waals surface area contributed by atoms with Crippen LogP contribution in [-0.2, 0) is 5.41 Å². The molecule has 32 rings (SSSR count). The lowest BCUT2D eigenvalue weighted by Gasteiger charge is -2.44. The van der Waals surface area contributed by atoms with E-state index in [1.54, 1.807) is 5.39 Å². The molecule has 0 aliphatic heterocycles. The zero-order valence-electron chi connectivity index (χ0n) is 31.7. The van der Waals surface area contributed by atoms with E-state index in [-0.39, 0.29) is 0 Å². The van der Waals surface area contributed by atoms with Gasteiger partial charge >= 0.3 is 6.18 Å². The number of halogens is 3. The zero-order valence-corrected chi connectivity index (χ0v) is 31.7. The lowest BCUT2D eigenvalue weighted by molar-refractivity contribution is -0.179. The maximum atomic E-state index is 18.3. The third kappa shape index (κ3) is 1.14. The van der Waals surface area contributed by atoms with Gasteiger partial charge in [0.2, 0.25) is 0 Å². The van der Waals surface area contributed by atoms with Crippen molar-refractivity contribution in [2.75, 3.05) is 0 Å². The van der Waals surface area contributed by atoms with Crippen molar-refractivity contribution >= 4 is 291 Å². The first-order valence-corrected chi connectivity index (χ1v) is 23.4. The Morgan fingerprint density at radius 1 is 0.188 bits per heavy atom. The average Bonchev–Trinajstić information content (AvgIpc) is 4.12. The summed E-state index contributed by atoms with van der Waals surface area (Å²) in [7, 11) is 0. The first-order chi connectivity index (χ1) is 31.6. The molecule has 28 aromatic rings. The van der Waals surface area contributed by atoms with Crippen LogP contribution in [0.3, 0.4) is 0 Å². The molecule has 2 atom stereocenters. The molecule has 28 aromatic carbocycles. The molecule has 3 heteroatoms. The van der Waals surface area contributed by atoms with Crippen molar-refractivity contribution in [2.45, 2.75) is 17.5 Å². The highest BCUT2D eigenvalue weighted by Crippen LogP contribution is 2.84. The third-order valence-corrected chi connectivity index (χ3v) is 23.6. The normalized spacial score (nSPS) is 21.9. The maximum Gasteiger partial charge on any atom is 0.403 e. The molecule has 0 aromatic heterocycles. The average molecular weight is 791 g/mol. The topological polar surface area (TPSA) is 0 Å². The van der Waals surface area contributed by atoms with Crippen LogP contribution in [0.1, 0.15) is 28.2 Å². The van der Waals surface area contributed by atoms with E-state index in [0.717, 1.165) is 32.7 Å². The predicted octanol–water partition coefficient (Wildman–Crippen LogP) is 17.7. The van der Waals surface area contributed by atoms with Gasteiger partial charge in [0, 0.05) is 5.92 Å². The molecular weight excluding hydrogens is 790 g/mol. The maximum absolute atomic E-state index is 18.3. The minimum absolute atomic E-state index is 0.667. The van der Waals surface area contributed by atoms with E-state index < -0.39 is 17.5 Å². The van der Waals surface area contributed by atoms with Gasteiger partial charge in [0.15, 0.2) is 0 Å². The van der Waals surface area contributed by atoms with Crippen LogP contribution in [0.4, 0.5) is 13.2 Å². The summed E-state index contributed by atoms with van der Waals surface area (Å²) >= 11 is 0. The Hall–Kier alpha value is -7.75. The smallest absolute Gasteiger partial charge is 0.170 e. The highest BCUT2D eigenvalue weighted by Gasteiger charge is 2.72. The minimum atomic E-state index is -4.53. The van der Waals surface area contributed by atoms with Crippen LogP contribution in [-0.4, -0.2) is 6.18 Å². The van der Waals surface area contributed by atoms with Gasteiger partial charge < -0.3 is 0 Å². The number of hydrogen-bond donors (Lipinski definition) is 0. The van der Waals surface area contributed by atoms with Crippen LogP contribution in [0.5, 0.6) is 0 Å². The van der Waals surface area contributed by atoms with Gasteiger partial charge in [-0.15, -0.1) is 0 Å². The molecule has 0 N–H and O–H groups in total. The Balaban J connectivity index is 1.30. The van der Waals surface area contributed by atoms with E-state index in [2.05, 4.69) is 0 Å². The van der Waals surface area contributed by atoms with E-state index in [1.807, 2.05) is 0 Å². The summed E-state index contributed by atoms with van der Waals surface area (Å²) in [5.74, 6) is -0.793. The minimum Gasteiger partial charge on any atom is -0.170 e. The molecule has 0 saturated carbocycles. The van der Waals surface area contributed by atoms with Gasteiger partial charge in [-0.05, 0) is 313 Å². The Labute approximate surface area is 342 Å². The molecule has 4 aliphatic rings. The first kappa shape index (κ1) is 23.1. The fourth-order valence-corrected chi connectivity index (χ4v) is 23.6. The van der Waals surface area contributed by atoms with E-state index in [4.69, 9.17) is 0 Å². The summed E-state index contributed by atoms with van der Waals surface area (Å²) in [6.45, 7) is 0. The molecule has 0 heterocycles.